The van der Waals surface area contributed by atoms with Gasteiger partial charge in [-0.1, -0.05) is 18.2 Å². The first-order valence-electron chi connectivity index (χ1n) is 9.65. The van der Waals surface area contributed by atoms with Gasteiger partial charge >= 0.3 is 0 Å². The molecule has 1 aliphatic heterocycles. The number of hydrogen-bond donors (Lipinski definition) is 1. The Morgan fingerprint density at radius 3 is 2.50 bits per heavy atom. The van der Waals surface area contributed by atoms with Gasteiger partial charge in [0.2, 0.25) is 10.0 Å². The van der Waals surface area contributed by atoms with Gasteiger partial charge in [0, 0.05) is 19.6 Å². The van der Waals surface area contributed by atoms with Crippen LogP contribution in [-0.2, 0) is 26.1 Å². The van der Waals surface area contributed by atoms with Crippen LogP contribution in [0.3, 0.4) is 0 Å². The summed E-state index contributed by atoms with van der Waals surface area (Å²) in [7, 11) is -3.52. The van der Waals surface area contributed by atoms with Crippen LogP contribution in [0.25, 0.3) is 0 Å². The van der Waals surface area contributed by atoms with E-state index < -0.39 is 16.1 Å². The van der Waals surface area contributed by atoms with E-state index in [1.165, 1.54) is 4.31 Å². The first kappa shape index (κ1) is 22.7. The third-order valence-electron chi connectivity index (χ3n) is 4.76. The summed E-state index contributed by atoms with van der Waals surface area (Å²) in [6, 6.07) is 12.2. The highest BCUT2D eigenvalue weighted by Crippen LogP contribution is 2.26. The molecular weight excluding hydrogens is 472 g/mol. The van der Waals surface area contributed by atoms with Gasteiger partial charge in [0.25, 0.3) is 5.91 Å². The molecule has 30 heavy (non-hydrogen) atoms. The highest BCUT2D eigenvalue weighted by molar-refractivity contribution is 9.10. The van der Waals surface area contributed by atoms with Crippen molar-refractivity contribution in [1.82, 2.24) is 9.62 Å². The minimum absolute atomic E-state index is 0.236. The van der Waals surface area contributed by atoms with Crippen LogP contribution in [0.15, 0.2) is 51.8 Å². The SMILES string of the molecule is Cc1ccc(OC(C)C(=O)NCc2ccc(S(=O)(=O)N3CCOCC3)cc2)c(Br)c1. The molecule has 0 saturated carbocycles. The van der Waals surface area contributed by atoms with E-state index in [0.29, 0.717) is 32.1 Å². The summed E-state index contributed by atoms with van der Waals surface area (Å²) in [5.74, 6) is 0.341. The Labute approximate surface area is 185 Å². The molecule has 9 heteroatoms. The molecule has 1 unspecified atom stereocenters. The number of benzene rings is 2. The average Bonchev–Trinajstić information content (AvgIpc) is 2.75. The van der Waals surface area contributed by atoms with Crippen molar-refractivity contribution in [2.75, 3.05) is 26.3 Å². The average molecular weight is 497 g/mol. The third kappa shape index (κ3) is 5.60. The zero-order valence-corrected chi connectivity index (χ0v) is 19.3. The largest absolute Gasteiger partial charge is 0.480 e. The fourth-order valence-electron chi connectivity index (χ4n) is 2.99. The second-order valence-corrected chi connectivity index (χ2v) is 9.86. The van der Waals surface area contributed by atoms with E-state index >= 15 is 0 Å². The summed E-state index contributed by atoms with van der Waals surface area (Å²) < 4.78 is 38.5. The van der Waals surface area contributed by atoms with Crippen molar-refractivity contribution in [2.24, 2.45) is 0 Å². The molecule has 1 amide bonds. The first-order chi connectivity index (χ1) is 14.3. The summed E-state index contributed by atoms with van der Waals surface area (Å²) in [5, 5.41) is 2.82. The van der Waals surface area contributed by atoms with E-state index in [9.17, 15) is 13.2 Å². The molecule has 0 aliphatic carbocycles. The van der Waals surface area contributed by atoms with Crippen molar-refractivity contribution in [3.8, 4) is 5.75 Å². The van der Waals surface area contributed by atoms with Crippen molar-refractivity contribution in [3.05, 3.63) is 58.1 Å². The molecule has 1 N–H and O–H groups in total. The normalized spacial score (nSPS) is 16.1. The topological polar surface area (TPSA) is 84.9 Å². The van der Waals surface area contributed by atoms with E-state index in [4.69, 9.17) is 9.47 Å². The summed E-state index contributed by atoms with van der Waals surface area (Å²) in [6.45, 7) is 5.46. The maximum Gasteiger partial charge on any atom is 0.261 e. The maximum absolute atomic E-state index is 12.7. The second-order valence-electron chi connectivity index (χ2n) is 7.07. The Morgan fingerprint density at radius 2 is 1.87 bits per heavy atom. The van der Waals surface area contributed by atoms with E-state index in [-0.39, 0.29) is 17.3 Å². The second kappa shape index (κ2) is 9.91. The number of nitrogens with one attached hydrogen (secondary N) is 1. The summed E-state index contributed by atoms with van der Waals surface area (Å²) in [5.41, 5.74) is 1.89. The summed E-state index contributed by atoms with van der Waals surface area (Å²) in [6.07, 6.45) is -0.676. The van der Waals surface area contributed by atoms with Crippen LogP contribution < -0.4 is 10.1 Å². The van der Waals surface area contributed by atoms with Gasteiger partial charge in [-0.15, -0.1) is 0 Å². The fourth-order valence-corrected chi connectivity index (χ4v) is 4.99. The minimum Gasteiger partial charge on any atom is -0.480 e. The molecule has 0 radical (unpaired) electrons. The van der Waals surface area contributed by atoms with Crippen molar-refractivity contribution in [2.45, 2.75) is 31.4 Å². The number of sulfonamides is 1. The molecule has 2 aromatic rings. The number of aryl methyl sites for hydroxylation is 1. The fraction of sp³-hybridized carbons (Fsp3) is 0.381. The first-order valence-corrected chi connectivity index (χ1v) is 11.9. The summed E-state index contributed by atoms with van der Waals surface area (Å²) in [4.78, 5) is 12.6. The quantitative estimate of drug-likeness (QED) is 0.636. The number of hydrogen-bond acceptors (Lipinski definition) is 5. The van der Waals surface area contributed by atoms with Crippen LogP contribution in [-0.4, -0.2) is 51.0 Å². The minimum atomic E-state index is -3.52. The molecule has 1 saturated heterocycles. The van der Waals surface area contributed by atoms with Gasteiger partial charge in [0.1, 0.15) is 5.75 Å². The smallest absolute Gasteiger partial charge is 0.261 e. The number of rotatable bonds is 7. The Kier molecular flexibility index (Phi) is 7.51. The zero-order chi connectivity index (χ0) is 21.7. The molecule has 0 spiro atoms. The summed E-state index contributed by atoms with van der Waals surface area (Å²) >= 11 is 3.44. The molecule has 2 aromatic carbocycles. The lowest BCUT2D eigenvalue weighted by Gasteiger charge is -2.26. The van der Waals surface area contributed by atoms with Gasteiger partial charge in [-0.25, -0.2) is 8.42 Å². The highest BCUT2D eigenvalue weighted by atomic mass is 79.9. The molecule has 0 bridgehead atoms. The predicted octanol–water partition coefficient (Wildman–Crippen LogP) is 2.86. The molecule has 1 atom stereocenters. The molecular formula is C21H25BrN2O5S. The number of halogens is 1. The molecule has 0 aromatic heterocycles. The lowest BCUT2D eigenvalue weighted by molar-refractivity contribution is -0.127. The Balaban J connectivity index is 1.55. The molecule has 162 valence electrons. The van der Waals surface area contributed by atoms with Crippen LogP contribution in [0.5, 0.6) is 5.75 Å². The number of carbonyl (C=O) groups is 1. The molecule has 7 nitrogen and oxygen atoms in total. The maximum atomic E-state index is 12.7. The lowest BCUT2D eigenvalue weighted by atomic mass is 10.2. The molecule has 1 heterocycles. The Bertz CT molecular complexity index is 989. The van der Waals surface area contributed by atoms with Crippen LogP contribution in [0.2, 0.25) is 0 Å². The van der Waals surface area contributed by atoms with Gasteiger partial charge < -0.3 is 14.8 Å². The van der Waals surface area contributed by atoms with Crippen molar-refractivity contribution >= 4 is 31.9 Å². The highest BCUT2D eigenvalue weighted by Gasteiger charge is 2.26. The van der Waals surface area contributed by atoms with Crippen molar-refractivity contribution < 1.29 is 22.7 Å². The van der Waals surface area contributed by atoms with Gasteiger partial charge in [0.05, 0.1) is 22.6 Å². The van der Waals surface area contributed by atoms with Crippen LogP contribution in [0.4, 0.5) is 0 Å². The Morgan fingerprint density at radius 1 is 1.20 bits per heavy atom. The van der Waals surface area contributed by atoms with Crippen LogP contribution in [0.1, 0.15) is 18.1 Å². The molecule has 3 rings (SSSR count). The van der Waals surface area contributed by atoms with Crippen LogP contribution >= 0.6 is 15.9 Å². The van der Waals surface area contributed by atoms with Crippen molar-refractivity contribution in [1.29, 1.82) is 0 Å². The standard InChI is InChI=1S/C21H25BrN2O5S/c1-15-3-8-20(19(22)13-15)29-16(2)21(25)23-14-17-4-6-18(7-5-17)30(26,27)24-9-11-28-12-10-24/h3-8,13,16H,9-12,14H2,1-2H3,(H,23,25). The van der Waals surface area contributed by atoms with E-state index in [0.717, 1.165) is 15.6 Å². The van der Waals surface area contributed by atoms with Crippen molar-refractivity contribution in [3.63, 3.8) is 0 Å². The number of amides is 1. The number of nitrogens with zero attached hydrogens (tertiary/aromatic N) is 1. The monoisotopic (exact) mass is 496 g/mol. The van der Waals surface area contributed by atoms with E-state index in [2.05, 4.69) is 21.2 Å². The Hall–Kier alpha value is -1.94. The van der Waals surface area contributed by atoms with Gasteiger partial charge in [-0.3, -0.25) is 4.79 Å². The zero-order valence-electron chi connectivity index (χ0n) is 16.9. The van der Waals surface area contributed by atoms with Gasteiger partial charge in [0.15, 0.2) is 6.10 Å². The predicted molar refractivity (Wildman–Crippen MR) is 117 cm³/mol. The number of morpholine rings is 1. The number of carbonyl (C=O) groups excluding carboxylic acids is 1. The van der Waals surface area contributed by atoms with Crippen LogP contribution in [0, 0.1) is 6.92 Å². The van der Waals surface area contributed by atoms with Gasteiger partial charge in [-0.2, -0.15) is 4.31 Å². The lowest BCUT2D eigenvalue weighted by Crippen LogP contribution is -2.40. The van der Waals surface area contributed by atoms with E-state index in [1.54, 1.807) is 31.2 Å². The third-order valence-corrected chi connectivity index (χ3v) is 7.29. The molecule has 1 fully saturated rings. The molecule has 1 aliphatic rings. The number of ether oxygens (including phenoxy) is 2. The van der Waals surface area contributed by atoms with E-state index in [1.807, 2.05) is 25.1 Å². The van der Waals surface area contributed by atoms with Gasteiger partial charge in [-0.05, 0) is 65.2 Å².